The summed E-state index contributed by atoms with van der Waals surface area (Å²) >= 11 is 4.83. The molecule has 0 amide bonds. The highest BCUT2D eigenvalue weighted by atomic mass is 32.1. The van der Waals surface area contributed by atoms with Gasteiger partial charge in [-0.25, -0.2) is 15.0 Å². The van der Waals surface area contributed by atoms with Crippen LogP contribution in [0, 0.1) is 0 Å². The fourth-order valence-corrected chi connectivity index (χ4v) is 7.76. The van der Waals surface area contributed by atoms with Crippen molar-refractivity contribution in [3.63, 3.8) is 0 Å². The summed E-state index contributed by atoms with van der Waals surface area (Å²) in [6.07, 6.45) is 2.06. The number of benzene rings is 3. The van der Waals surface area contributed by atoms with Crippen molar-refractivity contribution in [3.05, 3.63) is 141 Å². The number of hydrogen-bond acceptors (Lipinski definition) is 9. The first-order chi connectivity index (χ1) is 22.0. The lowest BCUT2D eigenvalue weighted by molar-refractivity contribution is 0.474. The van der Waals surface area contributed by atoms with E-state index < -0.39 is 0 Å². The summed E-state index contributed by atoms with van der Waals surface area (Å²) in [5.41, 5.74) is 6.60. The molecule has 222 valence electrons. The maximum absolute atomic E-state index is 9.77. The average molecular weight is 646 g/mol. The van der Waals surface area contributed by atoms with Crippen molar-refractivity contribution in [2.45, 2.75) is 19.3 Å². The van der Waals surface area contributed by atoms with Crippen LogP contribution in [0.1, 0.15) is 33.4 Å². The molecule has 4 heterocycles. The molecule has 0 aliphatic carbocycles. The van der Waals surface area contributed by atoms with Crippen molar-refractivity contribution in [1.29, 1.82) is 0 Å². The molecule has 0 atom stereocenters. The molecule has 0 aliphatic rings. The van der Waals surface area contributed by atoms with Crippen LogP contribution < -0.4 is 0 Å². The third kappa shape index (κ3) is 6.51. The molecule has 6 nitrogen and oxygen atoms in total. The minimum atomic E-state index is 0.245. The minimum Gasteiger partial charge on any atom is -0.508 e. The van der Waals surface area contributed by atoms with E-state index in [1.54, 1.807) is 70.4 Å². The lowest BCUT2D eigenvalue weighted by Gasteiger charge is -2.10. The molecule has 7 aromatic rings. The maximum atomic E-state index is 9.77. The first-order valence-corrected chi connectivity index (χ1v) is 16.9. The van der Waals surface area contributed by atoms with Gasteiger partial charge in [0.2, 0.25) is 0 Å². The van der Waals surface area contributed by atoms with Gasteiger partial charge in [-0.3, -0.25) is 0 Å². The molecule has 0 radical (unpaired) electrons. The summed E-state index contributed by atoms with van der Waals surface area (Å²) < 4.78 is 0. The summed E-state index contributed by atoms with van der Waals surface area (Å²) in [6.45, 7) is 0. The van der Waals surface area contributed by atoms with E-state index in [0.29, 0.717) is 36.7 Å². The molecule has 45 heavy (non-hydrogen) atoms. The zero-order chi connectivity index (χ0) is 30.8. The number of rotatable bonds is 9. The van der Waals surface area contributed by atoms with Crippen LogP contribution >= 0.6 is 34.0 Å². The summed E-state index contributed by atoms with van der Waals surface area (Å²) in [5, 5.41) is 35.5. The van der Waals surface area contributed by atoms with E-state index in [9.17, 15) is 15.3 Å². The Kier molecular flexibility index (Phi) is 8.13. The first-order valence-electron chi connectivity index (χ1n) is 14.3. The maximum Gasteiger partial charge on any atom is 0.174 e. The van der Waals surface area contributed by atoms with Gasteiger partial charge in [-0.2, -0.15) is 0 Å². The molecule has 0 saturated heterocycles. The van der Waals surface area contributed by atoms with Crippen LogP contribution in [0.15, 0.2) is 107 Å². The molecular weight excluding hydrogens is 619 g/mol. The van der Waals surface area contributed by atoms with Crippen LogP contribution in [0.3, 0.4) is 0 Å². The summed E-state index contributed by atoms with van der Waals surface area (Å²) in [7, 11) is 0. The van der Waals surface area contributed by atoms with Crippen LogP contribution in [0.2, 0.25) is 0 Å². The molecule has 0 aliphatic heterocycles. The summed E-state index contributed by atoms with van der Waals surface area (Å²) in [6, 6.07) is 28.2. The Morgan fingerprint density at radius 3 is 0.911 bits per heavy atom. The molecular formula is C36H27N3O3S3. The van der Waals surface area contributed by atoms with Crippen LogP contribution in [-0.4, -0.2) is 30.3 Å². The normalized spacial score (nSPS) is 11.2. The first kappa shape index (κ1) is 28.9. The Hall–Kier alpha value is -4.83. The van der Waals surface area contributed by atoms with Gasteiger partial charge in [0.1, 0.15) is 17.2 Å². The number of nitrogens with zero attached hydrogens (tertiary/aromatic N) is 3. The number of phenols is 3. The van der Waals surface area contributed by atoms with Gasteiger partial charge in [0.25, 0.3) is 0 Å². The Morgan fingerprint density at radius 2 is 0.644 bits per heavy atom. The quantitative estimate of drug-likeness (QED) is 0.145. The third-order valence-corrected chi connectivity index (χ3v) is 10.3. The van der Waals surface area contributed by atoms with Gasteiger partial charge in [0.15, 0.2) is 17.5 Å². The predicted octanol–water partition coefficient (Wildman–Crippen LogP) is 8.95. The van der Waals surface area contributed by atoms with E-state index >= 15 is 0 Å². The highest BCUT2D eigenvalue weighted by Gasteiger charge is 2.21. The zero-order valence-corrected chi connectivity index (χ0v) is 26.4. The monoisotopic (exact) mass is 645 g/mol. The van der Waals surface area contributed by atoms with Crippen molar-refractivity contribution in [2.75, 3.05) is 0 Å². The van der Waals surface area contributed by atoms with E-state index in [-0.39, 0.29) is 17.2 Å². The van der Waals surface area contributed by atoms with Crippen molar-refractivity contribution in [3.8, 4) is 49.4 Å². The van der Waals surface area contributed by atoms with E-state index in [1.807, 2.05) is 36.4 Å². The lowest BCUT2D eigenvalue weighted by Crippen LogP contribution is -2.02. The van der Waals surface area contributed by atoms with Gasteiger partial charge < -0.3 is 15.3 Å². The largest absolute Gasteiger partial charge is 0.508 e. The molecule has 0 bridgehead atoms. The minimum absolute atomic E-state index is 0.245. The summed E-state index contributed by atoms with van der Waals surface area (Å²) in [5.74, 6) is 2.63. The van der Waals surface area contributed by atoms with Crippen LogP contribution in [-0.2, 0) is 19.3 Å². The lowest BCUT2D eigenvalue weighted by atomic mass is 10.0. The molecule has 0 saturated carbocycles. The average Bonchev–Trinajstić information content (AvgIpc) is 3.82. The van der Waals surface area contributed by atoms with Crippen LogP contribution in [0.5, 0.6) is 17.2 Å². The van der Waals surface area contributed by atoms with Gasteiger partial charge in [0, 0.05) is 0 Å². The topological polar surface area (TPSA) is 99.4 Å². The molecule has 3 aromatic carbocycles. The second-order valence-electron chi connectivity index (χ2n) is 10.7. The van der Waals surface area contributed by atoms with Gasteiger partial charge in [-0.1, -0.05) is 36.4 Å². The van der Waals surface area contributed by atoms with Crippen LogP contribution in [0.25, 0.3) is 32.1 Å². The molecule has 3 N–H and O–H groups in total. The Bertz CT molecular complexity index is 1810. The number of aromatic nitrogens is 3. The molecule has 7 rings (SSSR count). The van der Waals surface area contributed by atoms with E-state index in [2.05, 4.69) is 34.3 Å². The standard InChI is InChI=1S/C36H27N3O3S3/c40-28-7-1-22(2-8-28)19-25-13-16-43-31(25)34-37-35(32-26(14-17-44-32)20-23-3-9-29(41)10-4-23)39-36(38-34)33-27(15-18-45-33)21-24-5-11-30(42)12-6-24/h1-18,40-42H,19-21H2. The SMILES string of the molecule is Oc1ccc(Cc2ccsc2-c2nc(-c3sccc3Cc3ccc(O)cc3)nc(-c3sccc3Cc3ccc(O)cc3)n2)cc1. The van der Waals surface area contributed by atoms with Crippen molar-refractivity contribution >= 4 is 34.0 Å². The molecule has 0 unspecified atom stereocenters. The smallest absolute Gasteiger partial charge is 0.174 e. The number of hydrogen-bond donors (Lipinski definition) is 3. The number of aromatic hydroxyl groups is 3. The second kappa shape index (κ2) is 12.6. The van der Waals surface area contributed by atoms with Gasteiger partial charge in [0.05, 0.1) is 14.6 Å². The third-order valence-electron chi connectivity index (χ3n) is 7.48. The van der Waals surface area contributed by atoms with Crippen molar-refractivity contribution in [1.82, 2.24) is 15.0 Å². The van der Waals surface area contributed by atoms with E-state index in [1.165, 1.54) is 0 Å². The highest BCUT2D eigenvalue weighted by Crippen LogP contribution is 2.37. The fraction of sp³-hybridized carbons (Fsp3) is 0.0833. The van der Waals surface area contributed by atoms with Gasteiger partial charge in [-0.15, -0.1) is 34.0 Å². The molecule has 4 aromatic heterocycles. The predicted molar refractivity (Wildman–Crippen MR) is 183 cm³/mol. The molecule has 0 spiro atoms. The number of phenolic OH excluding ortho intramolecular Hbond substituents is 3. The van der Waals surface area contributed by atoms with Crippen LogP contribution in [0.4, 0.5) is 0 Å². The van der Waals surface area contributed by atoms with Gasteiger partial charge >= 0.3 is 0 Å². The Morgan fingerprint density at radius 1 is 0.378 bits per heavy atom. The Labute approximate surface area is 272 Å². The van der Waals surface area contributed by atoms with Crippen molar-refractivity contribution < 1.29 is 15.3 Å². The zero-order valence-electron chi connectivity index (χ0n) is 23.9. The molecule has 9 heteroatoms. The van der Waals surface area contributed by atoms with Crippen molar-refractivity contribution in [2.24, 2.45) is 0 Å². The highest BCUT2D eigenvalue weighted by molar-refractivity contribution is 7.14. The fourth-order valence-electron chi connectivity index (χ4n) is 5.19. The second-order valence-corrected chi connectivity index (χ2v) is 13.4. The van der Waals surface area contributed by atoms with E-state index in [0.717, 1.165) is 48.0 Å². The molecule has 0 fully saturated rings. The summed E-state index contributed by atoms with van der Waals surface area (Å²) in [4.78, 5) is 18.2. The Balaban J connectivity index is 1.32. The number of thiophene rings is 3. The van der Waals surface area contributed by atoms with E-state index in [4.69, 9.17) is 15.0 Å². The van der Waals surface area contributed by atoms with Gasteiger partial charge in [-0.05, 0) is 123 Å².